The van der Waals surface area contributed by atoms with Gasteiger partial charge in [0.05, 0.1) is 11.9 Å². The first-order valence-corrected chi connectivity index (χ1v) is 11.7. The van der Waals surface area contributed by atoms with Gasteiger partial charge in [-0.3, -0.25) is 9.36 Å². The molecule has 2 aliphatic rings. The average Bonchev–Trinajstić information content (AvgIpc) is 3.20. The van der Waals surface area contributed by atoms with Crippen molar-refractivity contribution in [1.82, 2.24) is 19.5 Å². The first kappa shape index (κ1) is 23.3. The zero-order valence-electron chi connectivity index (χ0n) is 18.9. The van der Waals surface area contributed by atoms with E-state index in [0.717, 1.165) is 18.9 Å². The van der Waals surface area contributed by atoms with Crippen LogP contribution >= 0.6 is 0 Å². The third-order valence-corrected chi connectivity index (χ3v) is 6.71. The highest BCUT2D eigenvalue weighted by molar-refractivity contribution is 5.78. The van der Waals surface area contributed by atoms with E-state index in [0.29, 0.717) is 62.1 Å². The van der Waals surface area contributed by atoms with Crippen molar-refractivity contribution in [2.24, 2.45) is 11.7 Å². The van der Waals surface area contributed by atoms with Crippen molar-refractivity contribution in [2.45, 2.75) is 50.6 Å². The number of carbonyl (C=O) groups excluding carboxylic acids is 1. The molecule has 3 heterocycles. The van der Waals surface area contributed by atoms with E-state index >= 15 is 0 Å². The van der Waals surface area contributed by atoms with Crippen LogP contribution in [0.3, 0.4) is 0 Å². The number of rotatable bonds is 6. The van der Waals surface area contributed by atoms with E-state index in [-0.39, 0.29) is 35.5 Å². The summed E-state index contributed by atoms with van der Waals surface area (Å²) in [6.45, 7) is 1.32. The Morgan fingerprint density at radius 2 is 1.71 bits per heavy atom. The van der Waals surface area contributed by atoms with Gasteiger partial charge in [0.15, 0.2) is 17.3 Å². The maximum atomic E-state index is 14.4. The van der Waals surface area contributed by atoms with Crippen LogP contribution in [0.15, 0.2) is 18.3 Å². The van der Waals surface area contributed by atoms with Crippen molar-refractivity contribution in [3.63, 3.8) is 0 Å². The number of benzene rings is 1. The van der Waals surface area contributed by atoms with E-state index in [2.05, 4.69) is 20.6 Å². The predicted molar refractivity (Wildman–Crippen MR) is 123 cm³/mol. The fourth-order valence-corrected chi connectivity index (χ4v) is 4.78. The maximum Gasteiger partial charge on any atom is 0.224 e. The fourth-order valence-electron chi connectivity index (χ4n) is 4.78. The Morgan fingerprint density at radius 3 is 2.43 bits per heavy atom. The van der Waals surface area contributed by atoms with E-state index in [4.69, 9.17) is 15.5 Å². The summed E-state index contributed by atoms with van der Waals surface area (Å²) in [6.07, 6.45) is 5.68. The van der Waals surface area contributed by atoms with Crippen LogP contribution in [0.5, 0.6) is 0 Å². The minimum Gasteiger partial charge on any atom is -0.381 e. The Morgan fingerprint density at radius 1 is 1.00 bits per heavy atom. The molecule has 3 aromatic rings. The lowest BCUT2D eigenvalue weighted by atomic mass is 9.85. The lowest BCUT2D eigenvalue weighted by molar-refractivity contribution is -0.122. The summed E-state index contributed by atoms with van der Waals surface area (Å²) in [5, 5.41) is 6.13. The van der Waals surface area contributed by atoms with Crippen LogP contribution in [-0.4, -0.2) is 44.7 Å². The minimum atomic E-state index is -1.28. The van der Waals surface area contributed by atoms with E-state index in [9.17, 15) is 18.0 Å². The van der Waals surface area contributed by atoms with Gasteiger partial charge in [0, 0.05) is 43.3 Å². The molecule has 186 valence electrons. The van der Waals surface area contributed by atoms with Gasteiger partial charge in [-0.05, 0) is 38.5 Å². The third-order valence-electron chi connectivity index (χ3n) is 6.71. The van der Waals surface area contributed by atoms with E-state index in [1.54, 1.807) is 6.20 Å². The highest BCUT2D eigenvalue weighted by Crippen LogP contribution is 2.37. The van der Waals surface area contributed by atoms with Crippen molar-refractivity contribution < 1.29 is 22.7 Å². The van der Waals surface area contributed by atoms with Gasteiger partial charge in [0.2, 0.25) is 17.8 Å². The zero-order valence-corrected chi connectivity index (χ0v) is 18.9. The van der Waals surface area contributed by atoms with Gasteiger partial charge in [-0.25, -0.2) is 23.1 Å². The molecular formula is C23H26F3N7O2. The first-order chi connectivity index (χ1) is 16.9. The van der Waals surface area contributed by atoms with E-state index in [1.807, 2.05) is 4.57 Å². The molecule has 5 rings (SSSR count). The van der Waals surface area contributed by atoms with Gasteiger partial charge in [-0.1, -0.05) is 0 Å². The first-order valence-electron chi connectivity index (χ1n) is 11.7. The van der Waals surface area contributed by atoms with Crippen molar-refractivity contribution in [1.29, 1.82) is 0 Å². The normalized spacial score (nSPS) is 21.2. The van der Waals surface area contributed by atoms with Crippen LogP contribution in [0.4, 0.5) is 30.8 Å². The van der Waals surface area contributed by atoms with Crippen LogP contribution in [-0.2, 0) is 9.53 Å². The summed E-state index contributed by atoms with van der Waals surface area (Å²) in [5.74, 6) is -3.28. The number of amides is 1. The van der Waals surface area contributed by atoms with Crippen LogP contribution in [0.2, 0.25) is 0 Å². The monoisotopic (exact) mass is 489 g/mol. The highest BCUT2D eigenvalue weighted by Gasteiger charge is 2.29. The lowest BCUT2D eigenvalue weighted by Crippen LogP contribution is -2.29. The summed E-state index contributed by atoms with van der Waals surface area (Å²) < 4.78 is 48.9. The van der Waals surface area contributed by atoms with E-state index < -0.39 is 17.5 Å². The number of halogens is 3. The summed E-state index contributed by atoms with van der Waals surface area (Å²) in [6, 6.07) is 1.30. The molecule has 0 radical (unpaired) electrons. The number of hydrogen-bond donors (Lipinski definition) is 3. The summed E-state index contributed by atoms with van der Waals surface area (Å²) in [7, 11) is 0. The summed E-state index contributed by atoms with van der Waals surface area (Å²) >= 11 is 0. The van der Waals surface area contributed by atoms with Gasteiger partial charge < -0.3 is 21.1 Å². The molecule has 2 aromatic heterocycles. The molecule has 9 nitrogen and oxygen atoms in total. The Bertz CT molecular complexity index is 1240. The zero-order chi connectivity index (χ0) is 24.5. The fraction of sp³-hybridized carbons (Fsp3) is 0.478. The van der Waals surface area contributed by atoms with Crippen molar-refractivity contribution in [3.05, 3.63) is 35.8 Å². The molecule has 35 heavy (non-hydrogen) atoms. The number of anilines is 3. The van der Waals surface area contributed by atoms with Crippen molar-refractivity contribution >= 4 is 34.7 Å². The molecule has 1 aliphatic carbocycles. The molecule has 1 amide bonds. The Kier molecular flexibility index (Phi) is 6.46. The molecular weight excluding hydrogens is 463 g/mol. The molecule has 0 atom stereocenters. The summed E-state index contributed by atoms with van der Waals surface area (Å²) in [5.41, 5.74) is 6.22. The quantitative estimate of drug-likeness (QED) is 0.451. The van der Waals surface area contributed by atoms with Gasteiger partial charge in [0.25, 0.3) is 0 Å². The van der Waals surface area contributed by atoms with Crippen molar-refractivity contribution in [2.75, 3.05) is 23.8 Å². The molecule has 2 fully saturated rings. The number of nitrogens with two attached hydrogens (primary N) is 1. The second-order valence-corrected chi connectivity index (χ2v) is 9.02. The number of primary amides is 1. The van der Waals surface area contributed by atoms with E-state index in [1.165, 1.54) is 0 Å². The standard InChI is InChI=1S/C23H26F3N7O2/c24-15-9-17(26)18(10-16(15)25)30-23-31-19-11-28-22(29-13-5-7-35-8-6-13)32-21(19)33(23)14-3-1-12(2-4-14)20(27)34/h9-14H,1-8H2,(H2,27,34)(H,30,31)(H,28,29,32)/t12-,14+. The molecule has 0 spiro atoms. The number of imidazole rings is 1. The van der Waals surface area contributed by atoms with Crippen LogP contribution in [0, 0.1) is 23.4 Å². The second-order valence-electron chi connectivity index (χ2n) is 9.02. The third kappa shape index (κ3) is 4.88. The van der Waals surface area contributed by atoms with Gasteiger partial charge in [0.1, 0.15) is 11.3 Å². The number of nitrogens with zero attached hydrogens (tertiary/aromatic N) is 4. The second kappa shape index (κ2) is 9.68. The Balaban J connectivity index is 1.51. The maximum absolute atomic E-state index is 14.4. The number of ether oxygens (including phenoxy) is 1. The highest BCUT2D eigenvalue weighted by atomic mass is 19.2. The lowest BCUT2D eigenvalue weighted by Gasteiger charge is -2.29. The molecule has 1 aliphatic heterocycles. The molecule has 1 saturated carbocycles. The SMILES string of the molecule is NC(=O)[C@H]1CC[C@@H](n2c(Nc3cc(F)c(F)cc3F)nc3cnc(NC4CCOCC4)nc32)CC1. The molecule has 0 unspecified atom stereocenters. The molecule has 1 saturated heterocycles. The predicted octanol–water partition coefficient (Wildman–Crippen LogP) is 3.79. The van der Waals surface area contributed by atoms with Crippen LogP contribution < -0.4 is 16.4 Å². The molecule has 4 N–H and O–H groups in total. The average molecular weight is 490 g/mol. The largest absolute Gasteiger partial charge is 0.381 e. The smallest absolute Gasteiger partial charge is 0.224 e. The Labute approximate surface area is 199 Å². The van der Waals surface area contributed by atoms with Gasteiger partial charge in [-0.2, -0.15) is 4.98 Å². The van der Waals surface area contributed by atoms with Crippen molar-refractivity contribution in [3.8, 4) is 0 Å². The molecule has 1 aromatic carbocycles. The number of nitrogens with one attached hydrogen (secondary N) is 2. The van der Waals surface area contributed by atoms with Crippen LogP contribution in [0.25, 0.3) is 11.2 Å². The van der Waals surface area contributed by atoms with Gasteiger partial charge >= 0.3 is 0 Å². The summed E-state index contributed by atoms with van der Waals surface area (Å²) in [4.78, 5) is 25.2. The number of fused-ring (bicyclic) bond motifs is 1. The number of hydrogen-bond acceptors (Lipinski definition) is 7. The number of aromatic nitrogens is 4. The molecule has 12 heteroatoms. The van der Waals surface area contributed by atoms with Crippen LogP contribution in [0.1, 0.15) is 44.6 Å². The molecule has 0 bridgehead atoms. The number of carbonyl (C=O) groups is 1. The topological polar surface area (TPSA) is 120 Å². The minimum absolute atomic E-state index is 0.114. The Hall–Kier alpha value is -3.41. The van der Waals surface area contributed by atoms with Gasteiger partial charge in [-0.15, -0.1) is 0 Å².